The number of nitrogens with one attached hydrogen (secondary N) is 1. The lowest BCUT2D eigenvalue weighted by Crippen LogP contribution is -2.43. The Balaban J connectivity index is 1.85. The second-order valence-corrected chi connectivity index (χ2v) is 5.30. The van der Waals surface area contributed by atoms with Crippen molar-refractivity contribution in [1.82, 2.24) is 10.2 Å². The molecule has 0 aromatic carbocycles. The molecule has 0 aromatic heterocycles. The highest BCUT2D eigenvalue weighted by Gasteiger charge is 2.46. The maximum Gasteiger partial charge on any atom is 0.247 e. The summed E-state index contributed by atoms with van der Waals surface area (Å²) in [6.45, 7) is 4.25. The highest BCUT2D eigenvalue weighted by Crippen LogP contribution is 2.31. The third-order valence-corrected chi connectivity index (χ3v) is 3.57. The molecule has 2 aliphatic rings. The van der Waals surface area contributed by atoms with Crippen molar-refractivity contribution in [3.63, 3.8) is 0 Å². The van der Waals surface area contributed by atoms with Crippen LogP contribution in [-0.2, 0) is 9.59 Å². The summed E-state index contributed by atoms with van der Waals surface area (Å²) in [4.78, 5) is 25.3. The summed E-state index contributed by atoms with van der Waals surface area (Å²) in [5, 5.41) is 3.29. The van der Waals surface area contributed by atoms with Crippen molar-refractivity contribution < 1.29 is 9.59 Å². The van der Waals surface area contributed by atoms with E-state index in [4.69, 9.17) is 0 Å². The van der Waals surface area contributed by atoms with Crippen LogP contribution in [0.1, 0.15) is 52.4 Å². The van der Waals surface area contributed by atoms with Crippen LogP contribution in [0.5, 0.6) is 0 Å². The average Bonchev–Trinajstić information content (AvgIpc) is 3.06. The minimum absolute atomic E-state index is 0.000786. The zero-order chi connectivity index (χ0) is 12.4. The number of carbonyl (C=O) groups excluding carboxylic acids is 2. The number of hydrogen-bond acceptors (Lipinski definition) is 3. The van der Waals surface area contributed by atoms with Crippen molar-refractivity contribution in [3.8, 4) is 0 Å². The highest BCUT2D eigenvalue weighted by molar-refractivity contribution is 6.06. The van der Waals surface area contributed by atoms with Crippen LogP contribution in [0, 0.1) is 0 Å². The summed E-state index contributed by atoms with van der Waals surface area (Å²) in [6.07, 6.45) is 5.74. The lowest BCUT2D eigenvalue weighted by atomic mass is 10.1. The molecule has 1 aliphatic carbocycles. The van der Waals surface area contributed by atoms with Crippen LogP contribution in [-0.4, -0.2) is 34.8 Å². The maximum absolute atomic E-state index is 12.0. The molecule has 2 atom stereocenters. The van der Waals surface area contributed by atoms with Gasteiger partial charge in [0, 0.05) is 12.1 Å². The highest BCUT2D eigenvalue weighted by atomic mass is 16.2. The summed E-state index contributed by atoms with van der Waals surface area (Å²) >= 11 is 0. The largest absolute Gasteiger partial charge is 0.303 e. The van der Waals surface area contributed by atoms with Gasteiger partial charge in [0.05, 0.1) is 12.5 Å². The summed E-state index contributed by atoms with van der Waals surface area (Å²) in [5.74, 6) is 0.0125. The molecular formula is C13H22N2O2. The summed E-state index contributed by atoms with van der Waals surface area (Å²) < 4.78 is 0. The Labute approximate surface area is 103 Å². The minimum Gasteiger partial charge on any atom is -0.303 e. The van der Waals surface area contributed by atoms with E-state index < -0.39 is 0 Å². The first-order valence-electron chi connectivity index (χ1n) is 6.75. The van der Waals surface area contributed by atoms with Crippen LogP contribution in [0.4, 0.5) is 0 Å². The SMILES string of the molecule is CCCCC(C)NC1CC(=O)N(C2CC2)C1=O. The van der Waals surface area contributed by atoms with E-state index in [2.05, 4.69) is 19.2 Å². The van der Waals surface area contributed by atoms with E-state index in [-0.39, 0.29) is 23.9 Å². The van der Waals surface area contributed by atoms with Crippen molar-refractivity contribution in [1.29, 1.82) is 0 Å². The number of unbranched alkanes of at least 4 members (excludes halogenated alkanes) is 1. The van der Waals surface area contributed by atoms with Crippen molar-refractivity contribution in [2.75, 3.05) is 0 Å². The number of rotatable bonds is 6. The molecule has 2 amide bonds. The lowest BCUT2D eigenvalue weighted by molar-refractivity contribution is -0.139. The van der Waals surface area contributed by atoms with E-state index in [0.717, 1.165) is 32.1 Å². The van der Waals surface area contributed by atoms with E-state index in [1.807, 2.05) is 0 Å². The van der Waals surface area contributed by atoms with Gasteiger partial charge in [-0.2, -0.15) is 0 Å². The molecule has 1 saturated heterocycles. The molecule has 1 heterocycles. The Morgan fingerprint density at radius 1 is 1.41 bits per heavy atom. The third kappa shape index (κ3) is 2.86. The molecule has 0 aromatic rings. The molecule has 4 nitrogen and oxygen atoms in total. The van der Waals surface area contributed by atoms with Crippen molar-refractivity contribution >= 4 is 11.8 Å². The maximum atomic E-state index is 12.0. The summed E-state index contributed by atoms with van der Waals surface area (Å²) in [5.41, 5.74) is 0. The molecule has 1 N–H and O–H groups in total. The molecule has 0 bridgehead atoms. The van der Waals surface area contributed by atoms with Gasteiger partial charge in [0.25, 0.3) is 0 Å². The average molecular weight is 238 g/mol. The van der Waals surface area contributed by atoms with Gasteiger partial charge in [-0.1, -0.05) is 19.8 Å². The van der Waals surface area contributed by atoms with Gasteiger partial charge in [0.1, 0.15) is 0 Å². The van der Waals surface area contributed by atoms with Crippen LogP contribution in [0.15, 0.2) is 0 Å². The van der Waals surface area contributed by atoms with Crippen LogP contribution in [0.25, 0.3) is 0 Å². The van der Waals surface area contributed by atoms with Gasteiger partial charge in [0.15, 0.2) is 0 Å². The van der Waals surface area contributed by atoms with Crippen LogP contribution >= 0.6 is 0 Å². The number of likely N-dealkylation sites (tertiary alicyclic amines) is 1. The Morgan fingerprint density at radius 2 is 2.12 bits per heavy atom. The number of imide groups is 1. The van der Waals surface area contributed by atoms with Crippen molar-refractivity contribution in [2.45, 2.75) is 70.5 Å². The fourth-order valence-corrected chi connectivity index (χ4v) is 2.43. The third-order valence-electron chi connectivity index (χ3n) is 3.57. The van der Waals surface area contributed by atoms with E-state index in [1.165, 1.54) is 4.90 Å². The first-order valence-corrected chi connectivity index (χ1v) is 6.75. The smallest absolute Gasteiger partial charge is 0.247 e. The Kier molecular flexibility index (Phi) is 3.82. The topological polar surface area (TPSA) is 49.4 Å². The van der Waals surface area contributed by atoms with Crippen molar-refractivity contribution in [2.24, 2.45) is 0 Å². The Bertz CT molecular complexity index is 313. The molecule has 1 aliphatic heterocycles. The zero-order valence-corrected chi connectivity index (χ0v) is 10.7. The van der Waals surface area contributed by atoms with E-state index >= 15 is 0 Å². The molecule has 0 radical (unpaired) electrons. The monoisotopic (exact) mass is 238 g/mol. The van der Waals surface area contributed by atoms with Gasteiger partial charge < -0.3 is 5.32 Å². The molecule has 4 heteroatoms. The molecule has 0 spiro atoms. The normalized spacial score (nSPS) is 26.7. The van der Waals surface area contributed by atoms with Crippen molar-refractivity contribution in [3.05, 3.63) is 0 Å². The predicted octanol–water partition coefficient (Wildman–Crippen LogP) is 1.44. The standard InChI is InChI=1S/C13H22N2O2/c1-3-4-5-9(2)14-11-8-12(16)15(13(11)17)10-6-7-10/h9-11,14H,3-8H2,1-2H3. The van der Waals surface area contributed by atoms with E-state index in [0.29, 0.717) is 12.5 Å². The second-order valence-electron chi connectivity index (χ2n) is 5.30. The molecule has 96 valence electrons. The molecule has 2 rings (SSSR count). The Hall–Kier alpha value is -0.900. The number of hydrogen-bond donors (Lipinski definition) is 1. The van der Waals surface area contributed by atoms with E-state index in [9.17, 15) is 9.59 Å². The summed E-state index contributed by atoms with van der Waals surface area (Å²) in [6, 6.07) is 0.263. The van der Waals surface area contributed by atoms with Gasteiger partial charge >= 0.3 is 0 Å². The molecule has 1 saturated carbocycles. The van der Waals surface area contributed by atoms with Gasteiger partial charge in [-0.05, 0) is 26.2 Å². The molecule has 17 heavy (non-hydrogen) atoms. The Morgan fingerprint density at radius 3 is 2.71 bits per heavy atom. The second kappa shape index (κ2) is 5.17. The van der Waals surface area contributed by atoms with Crippen LogP contribution in [0.2, 0.25) is 0 Å². The van der Waals surface area contributed by atoms with Gasteiger partial charge in [-0.3, -0.25) is 14.5 Å². The number of amides is 2. The number of nitrogens with zero attached hydrogens (tertiary/aromatic N) is 1. The van der Waals surface area contributed by atoms with Gasteiger partial charge in [-0.25, -0.2) is 0 Å². The van der Waals surface area contributed by atoms with Crippen LogP contribution in [0.3, 0.4) is 0 Å². The van der Waals surface area contributed by atoms with Crippen LogP contribution < -0.4 is 5.32 Å². The zero-order valence-electron chi connectivity index (χ0n) is 10.7. The minimum atomic E-state index is -0.269. The summed E-state index contributed by atoms with van der Waals surface area (Å²) in [7, 11) is 0. The first kappa shape index (κ1) is 12.6. The fraction of sp³-hybridized carbons (Fsp3) is 0.846. The quantitative estimate of drug-likeness (QED) is 0.712. The lowest BCUT2D eigenvalue weighted by Gasteiger charge is -2.18. The number of carbonyl (C=O) groups is 2. The van der Waals surface area contributed by atoms with E-state index in [1.54, 1.807) is 0 Å². The fourth-order valence-electron chi connectivity index (χ4n) is 2.43. The molecular weight excluding hydrogens is 216 g/mol. The molecule has 2 fully saturated rings. The predicted molar refractivity (Wildman–Crippen MR) is 65.4 cm³/mol. The first-order chi connectivity index (χ1) is 8.13. The van der Waals surface area contributed by atoms with Gasteiger partial charge in [-0.15, -0.1) is 0 Å². The van der Waals surface area contributed by atoms with Gasteiger partial charge in [0.2, 0.25) is 11.8 Å². The molecule has 2 unspecified atom stereocenters.